The van der Waals surface area contributed by atoms with E-state index in [0.717, 1.165) is 96.3 Å². The highest BCUT2D eigenvalue weighted by molar-refractivity contribution is 5.71. The maximum atomic E-state index is 12.9. The summed E-state index contributed by atoms with van der Waals surface area (Å²) in [5, 5.41) is 0. The van der Waals surface area contributed by atoms with Crippen molar-refractivity contribution in [1.82, 2.24) is 0 Å². The maximum absolute atomic E-state index is 12.9. The van der Waals surface area contributed by atoms with Crippen molar-refractivity contribution in [3.8, 4) is 0 Å². The van der Waals surface area contributed by atoms with E-state index >= 15 is 0 Å². The number of hydrogen-bond donors (Lipinski definition) is 0. The van der Waals surface area contributed by atoms with Crippen LogP contribution in [0.15, 0.2) is 60.8 Å². The van der Waals surface area contributed by atoms with E-state index in [4.69, 9.17) is 14.2 Å². The Balaban J connectivity index is 4.39. The third-order valence-electron chi connectivity index (χ3n) is 12.7. The van der Waals surface area contributed by atoms with Gasteiger partial charge in [-0.3, -0.25) is 14.4 Å². The SMILES string of the molecule is CC/C=C\C/C=C\C/C=C\CCCCCCCC(=O)OCC(COC(=O)CCCCCCCCC/C=C\CCCCCCCCC)OC(=O)CCCCCCCCC/C=C\CCCCCCCC. The summed E-state index contributed by atoms with van der Waals surface area (Å²) < 4.78 is 16.9. The molecule has 0 aliphatic rings. The normalized spacial score (nSPS) is 12.5. The Morgan fingerprint density at radius 3 is 0.912 bits per heavy atom. The second-order valence-electron chi connectivity index (χ2n) is 19.5. The smallest absolute Gasteiger partial charge is 0.306 e. The van der Waals surface area contributed by atoms with Gasteiger partial charge >= 0.3 is 17.9 Å². The zero-order valence-electron chi connectivity index (χ0n) is 45.1. The Morgan fingerprint density at radius 2 is 0.574 bits per heavy atom. The average Bonchev–Trinajstić information content (AvgIpc) is 3.34. The van der Waals surface area contributed by atoms with Gasteiger partial charge in [0.1, 0.15) is 13.2 Å². The van der Waals surface area contributed by atoms with Crippen molar-refractivity contribution in [2.75, 3.05) is 13.2 Å². The van der Waals surface area contributed by atoms with E-state index in [0.29, 0.717) is 19.3 Å². The summed E-state index contributed by atoms with van der Waals surface area (Å²) in [6.45, 7) is 6.53. The number of carbonyl (C=O) groups excluding carboxylic acids is 3. The summed E-state index contributed by atoms with van der Waals surface area (Å²) >= 11 is 0. The van der Waals surface area contributed by atoms with Gasteiger partial charge < -0.3 is 14.2 Å². The van der Waals surface area contributed by atoms with Crippen LogP contribution >= 0.6 is 0 Å². The summed E-state index contributed by atoms with van der Waals surface area (Å²) in [5.41, 5.74) is 0. The minimum atomic E-state index is -0.785. The van der Waals surface area contributed by atoms with Crippen LogP contribution in [-0.4, -0.2) is 37.2 Å². The van der Waals surface area contributed by atoms with E-state index < -0.39 is 6.10 Å². The number of unbranched alkanes of at least 4 members (excludes halogenated alkanes) is 32. The molecule has 0 aromatic carbocycles. The van der Waals surface area contributed by atoms with Gasteiger partial charge in [-0.1, -0.05) is 236 Å². The lowest BCUT2D eigenvalue weighted by molar-refractivity contribution is -0.167. The first-order chi connectivity index (χ1) is 33.5. The van der Waals surface area contributed by atoms with Crippen LogP contribution in [0.25, 0.3) is 0 Å². The van der Waals surface area contributed by atoms with E-state index in [1.165, 1.54) is 161 Å². The van der Waals surface area contributed by atoms with E-state index in [1.54, 1.807) is 0 Å². The molecule has 0 rings (SSSR count). The molecule has 0 aromatic rings. The van der Waals surface area contributed by atoms with Gasteiger partial charge in [-0.05, 0) is 103 Å². The van der Waals surface area contributed by atoms with Gasteiger partial charge in [0.05, 0.1) is 0 Å². The number of carbonyl (C=O) groups is 3. The van der Waals surface area contributed by atoms with Crippen LogP contribution in [0, 0.1) is 0 Å². The molecule has 0 saturated carbocycles. The molecule has 0 aliphatic carbocycles. The third kappa shape index (κ3) is 54.1. The molecule has 68 heavy (non-hydrogen) atoms. The van der Waals surface area contributed by atoms with Gasteiger partial charge in [-0.15, -0.1) is 0 Å². The van der Waals surface area contributed by atoms with Crippen molar-refractivity contribution in [3.63, 3.8) is 0 Å². The molecule has 0 bridgehead atoms. The first kappa shape index (κ1) is 65.1. The highest BCUT2D eigenvalue weighted by Crippen LogP contribution is 2.15. The molecule has 0 spiro atoms. The fraction of sp³-hybridized carbons (Fsp3) is 0.790. The summed E-state index contributed by atoms with van der Waals surface area (Å²) in [5.74, 6) is -0.897. The standard InChI is InChI=1S/C62H110O6/c1-4-7-10-13-16-19-22-25-28-30-32-34-37-40-43-46-49-52-55-61(64)67-58-59(57-66-60(63)54-51-48-45-42-39-36-33-27-24-21-18-15-12-9-6-3)68-62(65)56-53-50-47-44-41-38-35-31-29-26-23-20-17-14-11-8-5-2/h9,12,18,21,26-30,33,59H,4-8,10-11,13-17,19-20,22-25,31-32,34-58H2,1-3H3/b12-9-,21-18-,29-26-,30-28-,33-27-. The molecule has 0 amide bonds. The lowest BCUT2D eigenvalue weighted by atomic mass is 10.1. The molecule has 0 saturated heterocycles. The molecular formula is C62H110O6. The molecule has 0 aromatic heterocycles. The Hall–Kier alpha value is -2.89. The molecule has 0 radical (unpaired) electrons. The molecule has 1 unspecified atom stereocenters. The van der Waals surface area contributed by atoms with E-state index in [1.807, 2.05) is 0 Å². The van der Waals surface area contributed by atoms with E-state index in [9.17, 15) is 14.4 Å². The summed E-state index contributed by atoms with van der Waals surface area (Å²) in [6, 6.07) is 0. The van der Waals surface area contributed by atoms with Crippen LogP contribution in [0.4, 0.5) is 0 Å². The van der Waals surface area contributed by atoms with Gasteiger partial charge in [0, 0.05) is 19.3 Å². The largest absolute Gasteiger partial charge is 0.462 e. The van der Waals surface area contributed by atoms with Gasteiger partial charge in [-0.25, -0.2) is 0 Å². The Bertz CT molecular complexity index is 1230. The van der Waals surface area contributed by atoms with Crippen LogP contribution in [0.2, 0.25) is 0 Å². The predicted octanol–water partition coefficient (Wildman–Crippen LogP) is 19.6. The summed E-state index contributed by atoms with van der Waals surface area (Å²) in [6.07, 6.45) is 70.7. The van der Waals surface area contributed by atoms with Crippen molar-refractivity contribution in [2.45, 2.75) is 303 Å². The van der Waals surface area contributed by atoms with Crippen LogP contribution in [0.3, 0.4) is 0 Å². The van der Waals surface area contributed by atoms with Gasteiger partial charge in [0.15, 0.2) is 6.10 Å². The van der Waals surface area contributed by atoms with Gasteiger partial charge in [0.25, 0.3) is 0 Å². The van der Waals surface area contributed by atoms with E-state index in [-0.39, 0.29) is 31.1 Å². The van der Waals surface area contributed by atoms with Crippen molar-refractivity contribution in [1.29, 1.82) is 0 Å². The van der Waals surface area contributed by atoms with Crippen molar-refractivity contribution in [3.05, 3.63) is 60.8 Å². The molecule has 0 heterocycles. The topological polar surface area (TPSA) is 78.9 Å². The highest BCUT2D eigenvalue weighted by atomic mass is 16.6. The first-order valence-corrected chi connectivity index (χ1v) is 29.3. The average molecular weight is 952 g/mol. The molecular weight excluding hydrogens is 841 g/mol. The number of hydrogen-bond acceptors (Lipinski definition) is 6. The zero-order valence-corrected chi connectivity index (χ0v) is 45.1. The molecule has 0 fully saturated rings. The molecule has 6 heteroatoms. The van der Waals surface area contributed by atoms with Crippen molar-refractivity contribution >= 4 is 17.9 Å². The molecule has 0 aliphatic heterocycles. The molecule has 0 N–H and O–H groups in total. The van der Waals surface area contributed by atoms with Crippen LogP contribution in [0.1, 0.15) is 297 Å². The minimum Gasteiger partial charge on any atom is -0.462 e. The second-order valence-corrected chi connectivity index (χ2v) is 19.5. The molecule has 394 valence electrons. The molecule has 6 nitrogen and oxygen atoms in total. The van der Waals surface area contributed by atoms with Crippen LogP contribution < -0.4 is 0 Å². The number of allylic oxidation sites excluding steroid dienone is 10. The lowest BCUT2D eigenvalue weighted by Gasteiger charge is -2.18. The fourth-order valence-corrected chi connectivity index (χ4v) is 8.33. The number of rotatable bonds is 53. The Kier molecular flexibility index (Phi) is 54.3. The number of ether oxygens (including phenoxy) is 3. The number of esters is 3. The quantitative estimate of drug-likeness (QED) is 0.0262. The van der Waals surface area contributed by atoms with Crippen molar-refractivity contribution < 1.29 is 28.6 Å². The highest BCUT2D eigenvalue weighted by Gasteiger charge is 2.19. The third-order valence-corrected chi connectivity index (χ3v) is 12.7. The maximum Gasteiger partial charge on any atom is 0.306 e. The van der Waals surface area contributed by atoms with E-state index in [2.05, 4.69) is 81.5 Å². The van der Waals surface area contributed by atoms with Crippen LogP contribution in [-0.2, 0) is 28.6 Å². The molecule has 1 atom stereocenters. The summed E-state index contributed by atoms with van der Waals surface area (Å²) in [4.78, 5) is 38.2. The predicted molar refractivity (Wildman–Crippen MR) is 293 cm³/mol. The zero-order chi connectivity index (χ0) is 49.3. The fourth-order valence-electron chi connectivity index (χ4n) is 8.33. The Morgan fingerprint density at radius 1 is 0.309 bits per heavy atom. The Labute approximate surface area is 421 Å². The minimum absolute atomic E-state index is 0.0827. The van der Waals surface area contributed by atoms with Crippen LogP contribution in [0.5, 0.6) is 0 Å². The van der Waals surface area contributed by atoms with Gasteiger partial charge in [-0.2, -0.15) is 0 Å². The van der Waals surface area contributed by atoms with Crippen molar-refractivity contribution in [2.24, 2.45) is 0 Å². The van der Waals surface area contributed by atoms with Gasteiger partial charge in [0.2, 0.25) is 0 Å². The first-order valence-electron chi connectivity index (χ1n) is 29.3. The second kappa shape index (κ2) is 56.7. The summed E-state index contributed by atoms with van der Waals surface area (Å²) in [7, 11) is 0. The lowest BCUT2D eigenvalue weighted by Crippen LogP contribution is -2.30. The monoisotopic (exact) mass is 951 g/mol.